The molecule has 0 unspecified atom stereocenters. The first-order valence-corrected chi connectivity index (χ1v) is 10.5. The lowest BCUT2D eigenvalue weighted by atomic mass is 10.1. The fourth-order valence-corrected chi connectivity index (χ4v) is 3.37. The molecule has 0 spiro atoms. The minimum atomic E-state index is -0.512. The fraction of sp³-hybridized carbons (Fsp3) is 0.417. The zero-order valence-electron chi connectivity index (χ0n) is 17.7. The Kier molecular flexibility index (Phi) is 8.71. The van der Waals surface area contributed by atoms with Gasteiger partial charge in [0.05, 0.1) is 6.42 Å². The van der Waals surface area contributed by atoms with Gasteiger partial charge in [-0.1, -0.05) is 74.3 Å². The molecule has 2 amide bonds. The summed E-state index contributed by atoms with van der Waals surface area (Å²) < 4.78 is 0. The minimum Gasteiger partial charge on any atom is -0.354 e. The maximum atomic E-state index is 13.2. The predicted molar refractivity (Wildman–Crippen MR) is 119 cm³/mol. The summed E-state index contributed by atoms with van der Waals surface area (Å²) in [5.41, 5.74) is 3.01. The average molecular weight is 415 g/mol. The molecule has 1 N–H and O–H groups in total. The zero-order valence-corrected chi connectivity index (χ0v) is 18.5. The molecule has 0 radical (unpaired) electrons. The molecule has 0 saturated carbocycles. The Balaban J connectivity index is 2.25. The molecule has 4 nitrogen and oxygen atoms in total. The maximum Gasteiger partial charge on any atom is 0.242 e. The molecule has 2 aromatic carbocycles. The molecule has 2 aromatic rings. The summed E-state index contributed by atoms with van der Waals surface area (Å²) in [5.74, 6) is 0.163. The van der Waals surface area contributed by atoms with Crippen LogP contribution in [0.1, 0.15) is 43.9 Å². The second-order valence-electron chi connectivity index (χ2n) is 7.88. The van der Waals surface area contributed by atoms with Crippen LogP contribution in [0.3, 0.4) is 0 Å². The van der Waals surface area contributed by atoms with E-state index in [2.05, 4.69) is 19.2 Å². The van der Waals surface area contributed by atoms with Crippen molar-refractivity contribution in [2.75, 3.05) is 6.54 Å². The second kappa shape index (κ2) is 11.0. The molecule has 156 valence electrons. The molecule has 0 aliphatic carbocycles. The van der Waals surface area contributed by atoms with E-state index < -0.39 is 6.04 Å². The molecule has 0 saturated heterocycles. The average Bonchev–Trinajstić information content (AvgIpc) is 2.67. The lowest BCUT2D eigenvalue weighted by Crippen LogP contribution is -2.50. The minimum absolute atomic E-state index is 0.0839. The van der Waals surface area contributed by atoms with Gasteiger partial charge >= 0.3 is 0 Å². The van der Waals surface area contributed by atoms with Crippen LogP contribution in [0.15, 0.2) is 48.5 Å². The van der Waals surface area contributed by atoms with Gasteiger partial charge < -0.3 is 10.2 Å². The molecule has 5 heteroatoms. The van der Waals surface area contributed by atoms with Crippen molar-refractivity contribution in [2.24, 2.45) is 5.92 Å². The monoisotopic (exact) mass is 414 g/mol. The van der Waals surface area contributed by atoms with Crippen LogP contribution in [0.5, 0.6) is 0 Å². The first-order valence-electron chi connectivity index (χ1n) is 10.2. The van der Waals surface area contributed by atoms with Gasteiger partial charge in [-0.05, 0) is 42.5 Å². The van der Waals surface area contributed by atoms with E-state index in [4.69, 9.17) is 11.6 Å². The summed E-state index contributed by atoms with van der Waals surface area (Å²) in [6.45, 7) is 9.06. The number of rotatable bonds is 9. The van der Waals surface area contributed by atoms with E-state index in [1.165, 1.54) is 0 Å². The van der Waals surface area contributed by atoms with E-state index in [1.54, 1.807) is 17.0 Å². The summed E-state index contributed by atoms with van der Waals surface area (Å²) >= 11 is 6.07. The van der Waals surface area contributed by atoms with Crippen molar-refractivity contribution < 1.29 is 9.59 Å². The molecule has 0 aliphatic heterocycles. The van der Waals surface area contributed by atoms with Gasteiger partial charge in [0.2, 0.25) is 11.8 Å². The molecule has 0 aromatic heterocycles. The standard InChI is InChI=1S/C24H31ClN2O2/c1-5-22(24(29)26-15-17(2)3)27(16-19-11-9-18(4)10-12-19)23(28)14-20-7-6-8-21(25)13-20/h6-13,17,22H,5,14-16H2,1-4H3,(H,26,29)/t22-/m0/s1. The van der Waals surface area contributed by atoms with Crippen LogP contribution in [0.2, 0.25) is 5.02 Å². The van der Waals surface area contributed by atoms with Crippen LogP contribution in [0, 0.1) is 12.8 Å². The topological polar surface area (TPSA) is 49.4 Å². The number of aryl methyl sites for hydroxylation is 1. The Morgan fingerprint density at radius 2 is 1.76 bits per heavy atom. The van der Waals surface area contributed by atoms with Gasteiger partial charge in [-0.15, -0.1) is 0 Å². The van der Waals surface area contributed by atoms with Crippen LogP contribution in [0.25, 0.3) is 0 Å². The van der Waals surface area contributed by atoms with Crippen molar-refractivity contribution >= 4 is 23.4 Å². The van der Waals surface area contributed by atoms with Crippen molar-refractivity contribution in [2.45, 2.75) is 53.1 Å². The first kappa shape index (κ1) is 23.0. The number of hydrogen-bond acceptors (Lipinski definition) is 2. The number of halogens is 1. The first-order chi connectivity index (χ1) is 13.8. The van der Waals surface area contributed by atoms with E-state index in [0.29, 0.717) is 30.5 Å². The normalized spacial score (nSPS) is 11.9. The van der Waals surface area contributed by atoms with E-state index in [-0.39, 0.29) is 18.2 Å². The van der Waals surface area contributed by atoms with Crippen molar-refractivity contribution in [3.05, 3.63) is 70.2 Å². The van der Waals surface area contributed by atoms with E-state index >= 15 is 0 Å². The fourth-order valence-electron chi connectivity index (χ4n) is 3.16. The van der Waals surface area contributed by atoms with Gasteiger partial charge in [-0.2, -0.15) is 0 Å². The third-order valence-corrected chi connectivity index (χ3v) is 5.02. The zero-order chi connectivity index (χ0) is 21.4. The predicted octanol–water partition coefficient (Wildman–Crippen LogP) is 4.77. The van der Waals surface area contributed by atoms with E-state index in [1.807, 2.05) is 50.2 Å². The van der Waals surface area contributed by atoms with Crippen molar-refractivity contribution in [1.82, 2.24) is 10.2 Å². The van der Waals surface area contributed by atoms with Crippen molar-refractivity contribution in [3.8, 4) is 0 Å². The number of benzene rings is 2. The Bertz CT molecular complexity index is 818. The number of hydrogen-bond donors (Lipinski definition) is 1. The van der Waals surface area contributed by atoms with Crippen LogP contribution in [0.4, 0.5) is 0 Å². The largest absolute Gasteiger partial charge is 0.354 e. The molecular weight excluding hydrogens is 384 g/mol. The summed E-state index contributed by atoms with van der Waals surface area (Å²) in [6.07, 6.45) is 0.761. The number of carbonyl (C=O) groups excluding carboxylic acids is 2. The summed E-state index contributed by atoms with van der Waals surface area (Å²) in [5, 5.41) is 3.58. The molecule has 2 rings (SSSR count). The molecule has 0 aliphatic rings. The molecule has 0 heterocycles. The smallest absolute Gasteiger partial charge is 0.242 e. The van der Waals surface area contributed by atoms with Gasteiger partial charge in [0.25, 0.3) is 0 Å². The van der Waals surface area contributed by atoms with Gasteiger partial charge in [0.15, 0.2) is 0 Å². The van der Waals surface area contributed by atoms with Crippen LogP contribution in [-0.4, -0.2) is 29.3 Å². The molecular formula is C24H31ClN2O2. The van der Waals surface area contributed by atoms with Gasteiger partial charge in [-0.3, -0.25) is 9.59 Å². The SMILES string of the molecule is CC[C@@H](C(=O)NCC(C)C)N(Cc1ccc(C)cc1)C(=O)Cc1cccc(Cl)c1. The summed E-state index contributed by atoms with van der Waals surface area (Å²) in [6, 6.07) is 14.8. The summed E-state index contributed by atoms with van der Waals surface area (Å²) in [7, 11) is 0. The van der Waals surface area contributed by atoms with Crippen LogP contribution < -0.4 is 5.32 Å². The number of carbonyl (C=O) groups is 2. The quantitative estimate of drug-likeness (QED) is 0.642. The second-order valence-corrected chi connectivity index (χ2v) is 8.31. The molecule has 0 bridgehead atoms. The molecule has 1 atom stereocenters. The lowest BCUT2D eigenvalue weighted by Gasteiger charge is -2.31. The van der Waals surface area contributed by atoms with E-state index in [0.717, 1.165) is 16.7 Å². The van der Waals surface area contributed by atoms with Crippen LogP contribution in [-0.2, 0) is 22.6 Å². The highest BCUT2D eigenvalue weighted by Crippen LogP contribution is 2.17. The van der Waals surface area contributed by atoms with Crippen LogP contribution >= 0.6 is 11.6 Å². The molecule has 0 fully saturated rings. The van der Waals surface area contributed by atoms with Gasteiger partial charge in [-0.25, -0.2) is 0 Å². The highest BCUT2D eigenvalue weighted by Gasteiger charge is 2.28. The third-order valence-electron chi connectivity index (χ3n) is 4.79. The Hall–Kier alpha value is -2.33. The number of nitrogens with zero attached hydrogens (tertiary/aromatic N) is 1. The Morgan fingerprint density at radius 1 is 1.07 bits per heavy atom. The highest BCUT2D eigenvalue weighted by atomic mass is 35.5. The maximum absolute atomic E-state index is 13.2. The summed E-state index contributed by atoms with van der Waals surface area (Å²) in [4.78, 5) is 27.8. The lowest BCUT2D eigenvalue weighted by molar-refractivity contribution is -0.141. The Labute approximate surface area is 179 Å². The highest BCUT2D eigenvalue weighted by molar-refractivity contribution is 6.30. The third kappa shape index (κ3) is 7.21. The van der Waals surface area contributed by atoms with Gasteiger partial charge in [0.1, 0.15) is 6.04 Å². The molecule has 29 heavy (non-hydrogen) atoms. The van der Waals surface area contributed by atoms with Gasteiger partial charge in [0, 0.05) is 18.1 Å². The number of amides is 2. The van der Waals surface area contributed by atoms with Crippen molar-refractivity contribution in [3.63, 3.8) is 0 Å². The Morgan fingerprint density at radius 3 is 2.34 bits per heavy atom. The van der Waals surface area contributed by atoms with E-state index in [9.17, 15) is 9.59 Å². The number of nitrogens with one attached hydrogen (secondary N) is 1. The van der Waals surface area contributed by atoms with Crippen molar-refractivity contribution in [1.29, 1.82) is 0 Å².